The molecule has 4 aromatic rings. The van der Waals surface area contributed by atoms with E-state index in [0.29, 0.717) is 13.1 Å². The normalized spacial score (nSPS) is 13.8. The average molecular weight is 493 g/mol. The van der Waals surface area contributed by atoms with Crippen LogP contribution in [0.15, 0.2) is 97.1 Å². The third-order valence-corrected chi connectivity index (χ3v) is 6.95. The number of aromatic nitrogens is 2. The maximum Gasteiger partial charge on any atom is 0.226 e. The summed E-state index contributed by atoms with van der Waals surface area (Å²) in [6.45, 7) is 2.79. The van der Waals surface area contributed by atoms with Crippen molar-refractivity contribution in [1.82, 2.24) is 15.1 Å². The minimum absolute atomic E-state index is 0.00415. The van der Waals surface area contributed by atoms with Crippen molar-refractivity contribution in [3.05, 3.63) is 108 Å². The highest BCUT2D eigenvalue weighted by atomic mass is 16.5. The molecule has 0 spiro atoms. The smallest absolute Gasteiger partial charge is 0.226 e. The van der Waals surface area contributed by atoms with Gasteiger partial charge in [0.25, 0.3) is 0 Å². The van der Waals surface area contributed by atoms with Gasteiger partial charge >= 0.3 is 0 Å². The lowest BCUT2D eigenvalue weighted by Gasteiger charge is -2.35. The van der Waals surface area contributed by atoms with Gasteiger partial charge in [-0.1, -0.05) is 72.8 Å². The molecule has 0 atom stereocenters. The van der Waals surface area contributed by atoms with E-state index < -0.39 is 0 Å². The summed E-state index contributed by atoms with van der Waals surface area (Å²) >= 11 is 0. The number of carbonyl (C=O) groups is 1. The first-order valence-corrected chi connectivity index (χ1v) is 12.8. The third-order valence-electron chi connectivity index (χ3n) is 6.95. The Morgan fingerprint density at radius 1 is 0.811 bits per heavy atom. The lowest BCUT2D eigenvalue weighted by Crippen LogP contribution is -2.42. The Bertz CT molecular complexity index is 1250. The van der Waals surface area contributed by atoms with Gasteiger partial charge in [0.2, 0.25) is 5.91 Å². The van der Waals surface area contributed by atoms with E-state index in [1.165, 1.54) is 0 Å². The molecule has 1 aliphatic heterocycles. The van der Waals surface area contributed by atoms with Crippen LogP contribution in [0.1, 0.15) is 24.0 Å². The Balaban J connectivity index is 1.24. The number of hydrogen-bond donors (Lipinski definition) is 0. The van der Waals surface area contributed by atoms with E-state index in [2.05, 4.69) is 39.4 Å². The topological polar surface area (TPSA) is 58.6 Å². The SMILES string of the molecule is COc1ccccc1-c1ccc(N2CCC(C(=O)N(Cc3ccccc3)Cc3ccccc3)CC2)nn1. The van der Waals surface area contributed by atoms with Crippen molar-refractivity contribution in [2.24, 2.45) is 5.92 Å². The molecule has 1 amide bonds. The van der Waals surface area contributed by atoms with Crippen LogP contribution in [-0.4, -0.2) is 41.2 Å². The lowest BCUT2D eigenvalue weighted by molar-refractivity contribution is -0.137. The number of anilines is 1. The van der Waals surface area contributed by atoms with Crippen LogP contribution in [0.3, 0.4) is 0 Å². The van der Waals surface area contributed by atoms with E-state index in [1.54, 1.807) is 7.11 Å². The van der Waals surface area contributed by atoms with Crippen LogP contribution in [0.4, 0.5) is 5.82 Å². The first kappa shape index (κ1) is 24.5. The number of piperidine rings is 1. The first-order chi connectivity index (χ1) is 18.2. The minimum Gasteiger partial charge on any atom is -0.496 e. The second kappa shape index (κ2) is 11.7. The summed E-state index contributed by atoms with van der Waals surface area (Å²) in [5.74, 6) is 1.85. The maximum absolute atomic E-state index is 13.7. The fourth-order valence-corrected chi connectivity index (χ4v) is 4.93. The van der Waals surface area contributed by atoms with Gasteiger partial charge in [-0.3, -0.25) is 4.79 Å². The van der Waals surface area contributed by atoms with E-state index in [1.807, 2.05) is 77.7 Å². The van der Waals surface area contributed by atoms with Gasteiger partial charge in [-0.25, -0.2) is 0 Å². The number of ether oxygens (including phenoxy) is 1. The predicted molar refractivity (Wildman–Crippen MR) is 146 cm³/mol. The highest BCUT2D eigenvalue weighted by molar-refractivity contribution is 5.79. The second-order valence-electron chi connectivity index (χ2n) is 9.40. The van der Waals surface area contributed by atoms with Crippen LogP contribution in [0.25, 0.3) is 11.3 Å². The van der Waals surface area contributed by atoms with Gasteiger partial charge in [-0.15, -0.1) is 10.2 Å². The Morgan fingerprint density at radius 2 is 1.41 bits per heavy atom. The van der Waals surface area contributed by atoms with Crippen molar-refractivity contribution in [2.45, 2.75) is 25.9 Å². The lowest BCUT2D eigenvalue weighted by atomic mass is 9.94. The number of para-hydroxylation sites is 1. The van der Waals surface area contributed by atoms with E-state index in [4.69, 9.17) is 4.74 Å². The van der Waals surface area contributed by atoms with Crippen LogP contribution in [0, 0.1) is 5.92 Å². The molecule has 0 saturated carbocycles. The van der Waals surface area contributed by atoms with Gasteiger partial charge in [0, 0.05) is 37.7 Å². The summed E-state index contributed by atoms with van der Waals surface area (Å²) in [5, 5.41) is 8.96. The van der Waals surface area contributed by atoms with Crippen molar-refractivity contribution < 1.29 is 9.53 Å². The van der Waals surface area contributed by atoms with Gasteiger partial charge < -0.3 is 14.5 Å². The van der Waals surface area contributed by atoms with Crippen molar-refractivity contribution in [1.29, 1.82) is 0 Å². The van der Waals surface area contributed by atoms with Crippen LogP contribution < -0.4 is 9.64 Å². The molecule has 6 nitrogen and oxygen atoms in total. The monoisotopic (exact) mass is 492 g/mol. The van der Waals surface area contributed by atoms with Crippen molar-refractivity contribution >= 4 is 11.7 Å². The second-order valence-corrected chi connectivity index (χ2v) is 9.40. The molecule has 1 aromatic heterocycles. The van der Waals surface area contributed by atoms with E-state index in [-0.39, 0.29) is 11.8 Å². The number of hydrogen-bond acceptors (Lipinski definition) is 5. The van der Waals surface area contributed by atoms with Gasteiger partial charge in [-0.2, -0.15) is 0 Å². The molecule has 1 fully saturated rings. The molecule has 1 saturated heterocycles. The van der Waals surface area contributed by atoms with Crippen LogP contribution in [0.5, 0.6) is 5.75 Å². The highest BCUT2D eigenvalue weighted by Gasteiger charge is 2.29. The molecule has 6 heteroatoms. The van der Waals surface area contributed by atoms with Crippen molar-refractivity contribution in [2.75, 3.05) is 25.1 Å². The van der Waals surface area contributed by atoms with Gasteiger partial charge in [0.15, 0.2) is 5.82 Å². The molecule has 1 aliphatic rings. The quantitative estimate of drug-likeness (QED) is 0.321. The molecule has 37 heavy (non-hydrogen) atoms. The fourth-order valence-electron chi connectivity index (χ4n) is 4.93. The van der Waals surface area contributed by atoms with Crippen LogP contribution in [-0.2, 0) is 17.9 Å². The van der Waals surface area contributed by atoms with E-state index in [9.17, 15) is 4.79 Å². The summed E-state index contributed by atoms with van der Waals surface area (Å²) in [5.41, 5.74) is 4.00. The zero-order chi connectivity index (χ0) is 25.5. The van der Waals surface area contributed by atoms with Gasteiger partial charge in [0.1, 0.15) is 5.75 Å². The highest BCUT2D eigenvalue weighted by Crippen LogP contribution is 2.29. The summed E-state index contributed by atoms with van der Waals surface area (Å²) in [4.78, 5) is 17.9. The zero-order valence-electron chi connectivity index (χ0n) is 21.2. The molecule has 0 N–H and O–H groups in total. The number of benzene rings is 3. The number of carbonyl (C=O) groups excluding carboxylic acids is 1. The number of methoxy groups -OCH3 is 1. The molecule has 5 rings (SSSR count). The molecular weight excluding hydrogens is 460 g/mol. The standard InChI is InChI=1S/C31H32N4O2/c1-37-29-15-9-8-14-27(29)28-16-17-30(33-32-28)34-20-18-26(19-21-34)31(36)35(22-24-10-4-2-5-11-24)23-25-12-6-3-7-13-25/h2-17,26H,18-23H2,1H3. The van der Waals surface area contributed by atoms with Crippen LogP contribution in [0.2, 0.25) is 0 Å². The number of amides is 1. The summed E-state index contributed by atoms with van der Waals surface area (Å²) < 4.78 is 5.46. The molecule has 0 bridgehead atoms. The molecule has 188 valence electrons. The summed E-state index contributed by atoms with van der Waals surface area (Å²) in [6.07, 6.45) is 1.60. The molecule has 2 heterocycles. The van der Waals surface area contributed by atoms with E-state index >= 15 is 0 Å². The Hall–Kier alpha value is -4.19. The number of nitrogens with zero attached hydrogens (tertiary/aromatic N) is 4. The molecular formula is C31H32N4O2. The molecule has 0 aliphatic carbocycles. The first-order valence-electron chi connectivity index (χ1n) is 12.8. The van der Waals surface area contributed by atoms with Crippen LogP contribution >= 0.6 is 0 Å². The Labute approximate surface area is 218 Å². The zero-order valence-corrected chi connectivity index (χ0v) is 21.2. The fraction of sp³-hybridized carbons (Fsp3) is 0.258. The van der Waals surface area contributed by atoms with Crippen molar-refractivity contribution in [3.63, 3.8) is 0 Å². The van der Waals surface area contributed by atoms with Gasteiger partial charge in [0.05, 0.1) is 12.8 Å². The van der Waals surface area contributed by atoms with Gasteiger partial charge in [-0.05, 0) is 48.2 Å². The average Bonchev–Trinajstić information content (AvgIpc) is 2.98. The molecule has 0 unspecified atom stereocenters. The minimum atomic E-state index is 0.00415. The molecule has 3 aromatic carbocycles. The molecule has 0 radical (unpaired) electrons. The summed E-state index contributed by atoms with van der Waals surface area (Å²) in [6, 6.07) is 32.3. The van der Waals surface area contributed by atoms with Crippen molar-refractivity contribution in [3.8, 4) is 17.0 Å². The maximum atomic E-state index is 13.7. The van der Waals surface area contributed by atoms with E-state index in [0.717, 1.165) is 59.9 Å². The Kier molecular flexibility index (Phi) is 7.75. The summed E-state index contributed by atoms with van der Waals surface area (Å²) in [7, 11) is 1.66. The largest absolute Gasteiger partial charge is 0.496 e. The Morgan fingerprint density at radius 3 is 1.97 bits per heavy atom. The predicted octanol–water partition coefficient (Wildman–Crippen LogP) is 5.60. The number of rotatable bonds is 8. The third kappa shape index (κ3) is 5.97.